The average molecular weight is 529 g/mol. The van der Waals surface area contributed by atoms with Crippen LogP contribution >= 0.6 is 0 Å². The lowest BCUT2D eigenvalue weighted by Gasteiger charge is -2.42. The van der Waals surface area contributed by atoms with Gasteiger partial charge in [0.25, 0.3) is 0 Å². The van der Waals surface area contributed by atoms with Gasteiger partial charge in [0.2, 0.25) is 20.0 Å². The number of rotatable bonds is 13. The molecule has 0 fully saturated rings. The van der Waals surface area contributed by atoms with Crippen LogP contribution in [-0.2, 0) is 20.0 Å². The average Bonchev–Trinajstić information content (AvgIpc) is 2.78. The van der Waals surface area contributed by atoms with E-state index in [-0.39, 0.29) is 34.9 Å². The summed E-state index contributed by atoms with van der Waals surface area (Å²) in [5.74, 6) is -1.42. The van der Waals surface area contributed by atoms with E-state index in [9.17, 15) is 26.4 Å². The van der Waals surface area contributed by atoms with E-state index in [0.29, 0.717) is 25.7 Å². The predicted molar refractivity (Wildman–Crippen MR) is 134 cm³/mol. The van der Waals surface area contributed by atoms with Gasteiger partial charge in [0.05, 0.1) is 17.1 Å². The molecular weight excluding hydrogens is 496 g/mol. The van der Waals surface area contributed by atoms with Gasteiger partial charge in [0.15, 0.2) is 0 Å². The summed E-state index contributed by atoms with van der Waals surface area (Å²) in [4.78, 5) is 24.8. The number of nitrogens with one attached hydrogen (secondary N) is 2. The van der Waals surface area contributed by atoms with Crippen molar-refractivity contribution in [3.8, 4) is 0 Å². The van der Waals surface area contributed by atoms with Crippen molar-refractivity contribution in [2.24, 2.45) is 5.73 Å². The number of carboxylic acids is 1. The Morgan fingerprint density at radius 1 is 1.03 bits per heavy atom. The second-order valence-corrected chi connectivity index (χ2v) is 11.9. The number of nitrogens with zero attached hydrogens (tertiary/aromatic N) is 1. The maximum absolute atomic E-state index is 12.9. The molecule has 1 unspecified atom stereocenters. The van der Waals surface area contributed by atoms with Crippen LogP contribution in [0.25, 0.3) is 0 Å². The predicted octanol–water partition coefficient (Wildman–Crippen LogP) is 2.25. The molecule has 1 aliphatic carbocycles. The number of hydrogen-bond acceptors (Lipinski definition) is 6. The highest BCUT2D eigenvalue weighted by Gasteiger charge is 2.42. The fraction of sp³-hybridized carbons (Fsp3) is 0.455. The molecule has 194 valence electrons. The molecule has 1 atom stereocenters. The van der Waals surface area contributed by atoms with Crippen LogP contribution in [0.2, 0.25) is 0 Å². The van der Waals surface area contributed by atoms with Crippen LogP contribution in [0.3, 0.4) is 0 Å². The van der Waals surface area contributed by atoms with Crippen molar-refractivity contribution >= 4 is 37.7 Å². The maximum Gasteiger partial charge on any atom is 0.335 e. The fourth-order valence-corrected chi connectivity index (χ4v) is 6.35. The van der Waals surface area contributed by atoms with Gasteiger partial charge in [0, 0.05) is 17.8 Å². The zero-order valence-electron chi connectivity index (χ0n) is 19.7. The molecule has 1 aromatic rings. The highest BCUT2D eigenvalue weighted by Crippen LogP contribution is 2.31. The summed E-state index contributed by atoms with van der Waals surface area (Å²) in [5.41, 5.74) is 4.34. The minimum absolute atomic E-state index is 0.0291. The van der Waals surface area contributed by atoms with Gasteiger partial charge in [-0.2, -0.15) is 4.72 Å². The molecule has 0 radical (unpaired) electrons. The number of sulfonamides is 2. The minimum atomic E-state index is -3.89. The van der Waals surface area contributed by atoms with Gasteiger partial charge in [-0.1, -0.05) is 32.8 Å². The first-order valence-electron chi connectivity index (χ1n) is 11.2. The van der Waals surface area contributed by atoms with Gasteiger partial charge in [-0.15, -0.1) is 0 Å². The van der Waals surface area contributed by atoms with Crippen LogP contribution < -0.4 is 20.1 Å². The largest absolute Gasteiger partial charge is 0.478 e. The number of allylic oxidation sites excluding steroid dienone is 1. The molecule has 35 heavy (non-hydrogen) atoms. The molecule has 1 aliphatic rings. The first kappa shape index (κ1) is 28.3. The lowest BCUT2D eigenvalue weighted by Crippen LogP contribution is -2.63. The molecule has 0 aliphatic heterocycles. The van der Waals surface area contributed by atoms with E-state index in [1.54, 1.807) is 0 Å². The molecule has 11 nitrogen and oxygen atoms in total. The van der Waals surface area contributed by atoms with Crippen molar-refractivity contribution < 1.29 is 31.5 Å². The first-order chi connectivity index (χ1) is 16.3. The number of carbonyl (C=O) groups is 2. The summed E-state index contributed by atoms with van der Waals surface area (Å²) in [7, 11) is -7.49. The quantitative estimate of drug-likeness (QED) is 0.284. The van der Waals surface area contributed by atoms with Crippen molar-refractivity contribution in [1.82, 2.24) is 9.44 Å². The van der Waals surface area contributed by atoms with Crippen LogP contribution in [0.4, 0.5) is 10.5 Å². The number of nitrogens with two attached hydrogens (primary N) is 1. The summed E-state index contributed by atoms with van der Waals surface area (Å²) < 4.78 is 55.3. The van der Waals surface area contributed by atoms with Gasteiger partial charge in [-0.25, -0.2) is 26.4 Å². The van der Waals surface area contributed by atoms with E-state index in [4.69, 9.17) is 10.8 Å². The fourth-order valence-electron chi connectivity index (χ4n) is 3.52. The normalized spacial score (nSPS) is 18.1. The SMILES string of the molecule is CCCCS(=O)(=O)NC1=CCC(NS(=O)(=O)CCCC)(N(C(N)=O)c2ccc(C(=O)O)cc2)C=C1. The van der Waals surface area contributed by atoms with E-state index >= 15 is 0 Å². The monoisotopic (exact) mass is 528 g/mol. The summed E-state index contributed by atoms with van der Waals surface area (Å²) in [6, 6.07) is 4.23. The highest BCUT2D eigenvalue weighted by atomic mass is 32.2. The highest BCUT2D eigenvalue weighted by molar-refractivity contribution is 7.89. The lowest BCUT2D eigenvalue weighted by atomic mass is 9.97. The first-order valence-corrected chi connectivity index (χ1v) is 14.5. The van der Waals surface area contributed by atoms with Crippen LogP contribution in [0.1, 0.15) is 56.3 Å². The van der Waals surface area contributed by atoms with E-state index in [0.717, 1.165) is 4.90 Å². The zero-order valence-corrected chi connectivity index (χ0v) is 21.4. The summed E-state index contributed by atoms with van der Waals surface area (Å²) in [6.07, 6.45) is 6.27. The van der Waals surface area contributed by atoms with E-state index in [1.165, 1.54) is 42.5 Å². The van der Waals surface area contributed by atoms with Crippen molar-refractivity contribution in [3.63, 3.8) is 0 Å². The molecule has 0 heterocycles. The number of urea groups is 1. The number of anilines is 1. The molecule has 1 aromatic carbocycles. The third kappa shape index (κ3) is 7.80. The Hall–Kier alpha value is -2.90. The molecule has 13 heteroatoms. The number of unbranched alkanes of at least 4 members (excludes halogenated alkanes) is 2. The van der Waals surface area contributed by atoms with Crippen molar-refractivity contribution in [1.29, 1.82) is 0 Å². The molecule has 2 amide bonds. The minimum Gasteiger partial charge on any atom is -0.478 e. The van der Waals surface area contributed by atoms with Gasteiger partial charge in [-0.3, -0.25) is 9.62 Å². The third-order valence-electron chi connectivity index (χ3n) is 5.30. The van der Waals surface area contributed by atoms with Crippen LogP contribution in [0.5, 0.6) is 0 Å². The summed E-state index contributed by atoms with van der Waals surface area (Å²) in [6.45, 7) is 3.71. The van der Waals surface area contributed by atoms with E-state index in [1.807, 2.05) is 13.8 Å². The number of hydrogen-bond donors (Lipinski definition) is 4. The number of primary amides is 1. The molecule has 2 rings (SSSR count). The molecule has 0 saturated carbocycles. The van der Waals surface area contributed by atoms with Crippen LogP contribution in [0, 0.1) is 0 Å². The van der Waals surface area contributed by atoms with Crippen LogP contribution in [-0.4, -0.2) is 51.1 Å². The Morgan fingerprint density at radius 3 is 2.06 bits per heavy atom. The van der Waals surface area contributed by atoms with Gasteiger partial charge >= 0.3 is 12.0 Å². The Labute approximate surface area is 206 Å². The number of carboxylic acid groups (broad SMARTS) is 1. The second-order valence-electron chi connectivity index (χ2n) is 8.20. The number of benzene rings is 1. The van der Waals surface area contributed by atoms with Gasteiger partial charge in [-0.05, 0) is 49.3 Å². The van der Waals surface area contributed by atoms with Crippen molar-refractivity contribution in [2.75, 3.05) is 16.4 Å². The molecule has 5 N–H and O–H groups in total. The van der Waals surface area contributed by atoms with Gasteiger partial charge in [0.1, 0.15) is 5.66 Å². The summed E-state index contributed by atoms with van der Waals surface area (Å²) in [5, 5.41) is 9.16. The Kier molecular flexibility index (Phi) is 9.46. The Bertz CT molecular complexity index is 1190. The molecular formula is C22H32N4O7S2. The standard InChI is InChI=1S/C22H32N4O7S2/c1-3-5-15-34(30,31)24-18-11-13-22(14-12-18,25-35(32,33)16-6-4-2)26(21(23)29)19-9-7-17(8-10-19)20(27)28/h7-13,24-25H,3-6,14-16H2,1-2H3,(H2,23,29)(H,27,28). The zero-order chi connectivity index (χ0) is 26.3. The van der Waals surface area contributed by atoms with Crippen molar-refractivity contribution in [2.45, 2.75) is 51.6 Å². The van der Waals surface area contributed by atoms with Crippen molar-refractivity contribution in [3.05, 3.63) is 53.8 Å². The smallest absolute Gasteiger partial charge is 0.335 e. The Morgan fingerprint density at radius 2 is 1.60 bits per heavy atom. The van der Waals surface area contributed by atoms with Gasteiger partial charge < -0.3 is 10.8 Å². The van der Waals surface area contributed by atoms with Crippen LogP contribution in [0.15, 0.2) is 48.2 Å². The number of amides is 2. The maximum atomic E-state index is 12.9. The van der Waals surface area contributed by atoms with E-state index < -0.39 is 37.7 Å². The number of aromatic carboxylic acids is 1. The molecule has 0 aromatic heterocycles. The lowest BCUT2D eigenvalue weighted by molar-refractivity contribution is 0.0697. The topological polar surface area (TPSA) is 176 Å². The second kappa shape index (κ2) is 11.7. The number of carbonyl (C=O) groups excluding carboxylic acids is 1. The molecule has 0 spiro atoms. The molecule has 0 bridgehead atoms. The summed E-state index contributed by atoms with van der Waals surface area (Å²) >= 11 is 0. The molecule has 0 saturated heterocycles. The Balaban J connectivity index is 2.48. The van der Waals surface area contributed by atoms with E-state index in [2.05, 4.69) is 9.44 Å². The third-order valence-corrected chi connectivity index (χ3v) is 8.17.